The minimum absolute atomic E-state index is 0.0311. The van der Waals surface area contributed by atoms with Crippen LogP contribution in [0.15, 0.2) is 48.5 Å². The summed E-state index contributed by atoms with van der Waals surface area (Å²) in [5, 5.41) is 5.43. The summed E-state index contributed by atoms with van der Waals surface area (Å²) in [7, 11) is 1.54. The van der Waals surface area contributed by atoms with Crippen molar-refractivity contribution in [3.63, 3.8) is 0 Å². The van der Waals surface area contributed by atoms with Crippen LogP contribution in [0.2, 0.25) is 0 Å². The number of ether oxygens (including phenoxy) is 1. The number of hydrogen-bond acceptors (Lipinski definition) is 5. The Kier molecular flexibility index (Phi) is 5.25. The first-order chi connectivity index (χ1) is 13.0. The Hall–Kier alpha value is -3.55. The number of para-hydroxylation sites is 2. The molecule has 0 bridgehead atoms. The van der Waals surface area contributed by atoms with Crippen molar-refractivity contribution in [1.29, 1.82) is 0 Å². The van der Waals surface area contributed by atoms with E-state index in [2.05, 4.69) is 20.6 Å². The van der Waals surface area contributed by atoms with Gasteiger partial charge in [0.2, 0.25) is 0 Å². The number of amides is 1. The minimum atomic E-state index is -0.874. The Balaban J connectivity index is 1.85. The molecular formula is C19H16F2N4O2. The van der Waals surface area contributed by atoms with E-state index in [9.17, 15) is 13.6 Å². The number of halogens is 2. The molecule has 0 aliphatic rings. The number of carbonyl (C=O) groups is 1. The van der Waals surface area contributed by atoms with Crippen molar-refractivity contribution >= 4 is 23.1 Å². The first-order valence-corrected chi connectivity index (χ1v) is 7.98. The number of hydrogen-bond donors (Lipinski definition) is 2. The fraction of sp³-hybridized carbons (Fsp3) is 0.105. The molecule has 2 aromatic carbocycles. The van der Waals surface area contributed by atoms with Crippen molar-refractivity contribution in [2.24, 2.45) is 0 Å². The van der Waals surface area contributed by atoms with Crippen molar-refractivity contribution in [2.45, 2.75) is 6.92 Å². The lowest BCUT2D eigenvalue weighted by Crippen LogP contribution is -2.16. The van der Waals surface area contributed by atoms with E-state index in [4.69, 9.17) is 4.74 Å². The van der Waals surface area contributed by atoms with Gasteiger partial charge in [-0.3, -0.25) is 4.79 Å². The Labute approximate surface area is 154 Å². The topological polar surface area (TPSA) is 76.1 Å². The summed E-state index contributed by atoms with van der Waals surface area (Å²) < 4.78 is 32.0. The van der Waals surface area contributed by atoms with E-state index in [1.165, 1.54) is 6.07 Å². The molecule has 0 aliphatic heterocycles. The number of aromatic nitrogens is 2. The average Bonchev–Trinajstić information content (AvgIpc) is 2.64. The van der Waals surface area contributed by atoms with Crippen molar-refractivity contribution in [3.05, 3.63) is 71.7 Å². The Morgan fingerprint density at radius 2 is 1.81 bits per heavy atom. The van der Waals surface area contributed by atoms with Crippen LogP contribution in [0.4, 0.5) is 26.0 Å². The van der Waals surface area contributed by atoms with Crippen LogP contribution in [0.5, 0.6) is 5.75 Å². The van der Waals surface area contributed by atoms with Crippen molar-refractivity contribution in [3.8, 4) is 5.75 Å². The molecular weight excluding hydrogens is 354 g/mol. The molecule has 0 atom stereocenters. The van der Waals surface area contributed by atoms with Crippen LogP contribution in [0.3, 0.4) is 0 Å². The summed E-state index contributed by atoms with van der Waals surface area (Å²) in [6.45, 7) is 1.63. The number of anilines is 3. The molecule has 0 radical (unpaired) electrons. The molecule has 1 amide bonds. The van der Waals surface area contributed by atoms with E-state index in [1.807, 2.05) is 12.1 Å². The first kappa shape index (κ1) is 18.2. The molecule has 1 aromatic heterocycles. The number of aryl methyl sites for hydroxylation is 1. The van der Waals surface area contributed by atoms with Crippen LogP contribution in [0.25, 0.3) is 0 Å². The van der Waals surface area contributed by atoms with Gasteiger partial charge in [-0.2, -0.15) is 0 Å². The molecule has 0 saturated carbocycles. The maximum Gasteiger partial charge on any atom is 0.274 e. The molecule has 138 valence electrons. The molecule has 6 nitrogen and oxygen atoms in total. The molecule has 8 heteroatoms. The van der Waals surface area contributed by atoms with E-state index in [1.54, 1.807) is 26.2 Å². The zero-order valence-corrected chi connectivity index (χ0v) is 14.6. The summed E-state index contributed by atoms with van der Waals surface area (Å²) in [5.74, 6) is -0.924. The van der Waals surface area contributed by atoms with Crippen LogP contribution >= 0.6 is 0 Å². The van der Waals surface area contributed by atoms with Gasteiger partial charge in [0.1, 0.15) is 34.7 Å². The summed E-state index contributed by atoms with van der Waals surface area (Å²) in [5.41, 5.74) is 0.551. The van der Waals surface area contributed by atoms with Crippen LogP contribution in [0.1, 0.15) is 16.3 Å². The zero-order valence-electron chi connectivity index (χ0n) is 14.6. The van der Waals surface area contributed by atoms with Gasteiger partial charge in [0.25, 0.3) is 5.91 Å². The van der Waals surface area contributed by atoms with Gasteiger partial charge >= 0.3 is 0 Å². The molecule has 2 N–H and O–H groups in total. The predicted molar refractivity (Wildman–Crippen MR) is 97.4 cm³/mol. The summed E-state index contributed by atoms with van der Waals surface area (Å²) in [6.07, 6.45) is 0. The zero-order chi connectivity index (χ0) is 19.4. The lowest BCUT2D eigenvalue weighted by Gasteiger charge is -2.12. The second-order valence-electron chi connectivity index (χ2n) is 5.59. The van der Waals surface area contributed by atoms with E-state index in [0.717, 1.165) is 12.1 Å². The SMILES string of the molecule is COc1ccccc1Nc1cc(C(=O)Nc2ccc(F)cc2F)nc(C)n1. The number of carbonyl (C=O) groups excluding carboxylic acids is 1. The van der Waals surface area contributed by atoms with Gasteiger partial charge in [0.15, 0.2) is 0 Å². The van der Waals surface area contributed by atoms with Crippen LogP contribution in [0, 0.1) is 18.6 Å². The second-order valence-corrected chi connectivity index (χ2v) is 5.59. The molecule has 1 heterocycles. The molecule has 0 unspecified atom stereocenters. The van der Waals surface area contributed by atoms with E-state index >= 15 is 0 Å². The Morgan fingerprint density at radius 3 is 2.56 bits per heavy atom. The third-order valence-electron chi connectivity index (χ3n) is 3.62. The van der Waals surface area contributed by atoms with Gasteiger partial charge < -0.3 is 15.4 Å². The summed E-state index contributed by atoms with van der Waals surface area (Å²) >= 11 is 0. The molecule has 3 rings (SSSR count). The highest BCUT2D eigenvalue weighted by Crippen LogP contribution is 2.26. The lowest BCUT2D eigenvalue weighted by atomic mass is 10.2. The predicted octanol–water partition coefficient (Wildman–Crippen LogP) is 4.07. The van der Waals surface area contributed by atoms with Gasteiger partial charge in [-0.25, -0.2) is 18.7 Å². The van der Waals surface area contributed by atoms with Crippen LogP contribution in [-0.4, -0.2) is 23.0 Å². The number of nitrogens with zero attached hydrogens (tertiary/aromatic N) is 2. The largest absolute Gasteiger partial charge is 0.495 e. The quantitative estimate of drug-likeness (QED) is 0.708. The summed E-state index contributed by atoms with van der Waals surface area (Å²) in [6, 6.07) is 11.5. The minimum Gasteiger partial charge on any atom is -0.495 e. The highest BCUT2D eigenvalue weighted by Gasteiger charge is 2.14. The fourth-order valence-corrected chi connectivity index (χ4v) is 2.41. The molecule has 0 fully saturated rings. The van der Waals surface area contributed by atoms with Gasteiger partial charge in [0.05, 0.1) is 18.5 Å². The number of benzene rings is 2. The van der Waals surface area contributed by atoms with E-state index in [0.29, 0.717) is 29.1 Å². The molecule has 0 aliphatic carbocycles. The first-order valence-electron chi connectivity index (χ1n) is 7.98. The highest BCUT2D eigenvalue weighted by molar-refractivity contribution is 6.03. The van der Waals surface area contributed by atoms with Crippen molar-refractivity contribution in [2.75, 3.05) is 17.7 Å². The van der Waals surface area contributed by atoms with Crippen molar-refractivity contribution in [1.82, 2.24) is 9.97 Å². The Morgan fingerprint density at radius 1 is 1.04 bits per heavy atom. The van der Waals surface area contributed by atoms with Crippen molar-refractivity contribution < 1.29 is 18.3 Å². The normalized spacial score (nSPS) is 10.4. The summed E-state index contributed by atoms with van der Waals surface area (Å²) in [4.78, 5) is 20.7. The Bertz CT molecular complexity index is 995. The molecule has 0 spiro atoms. The highest BCUT2D eigenvalue weighted by atomic mass is 19.1. The van der Waals surface area contributed by atoms with Gasteiger partial charge in [0, 0.05) is 12.1 Å². The third kappa shape index (κ3) is 4.35. The maximum absolute atomic E-state index is 13.7. The fourth-order valence-electron chi connectivity index (χ4n) is 2.41. The monoisotopic (exact) mass is 370 g/mol. The average molecular weight is 370 g/mol. The third-order valence-corrected chi connectivity index (χ3v) is 3.62. The molecule has 0 saturated heterocycles. The van der Waals surface area contributed by atoms with Crippen LogP contribution in [-0.2, 0) is 0 Å². The smallest absolute Gasteiger partial charge is 0.274 e. The van der Waals surface area contributed by atoms with Crippen LogP contribution < -0.4 is 15.4 Å². The molecule has 3 aromatic rings. The van der Waals surface area contributed by atoms with E-state index in [-0.39, 0.29) is 11.4 Å². The van der Waals surface area contributed by atoms with Gasteiger partial charge in [-0.05, 0) is 31.2 Å². The van der Waals surface area contributed by atoms with Gasteiger partial charge in [-0.15, -0.1) is 0 Å². The number of methoxy groups -OCH3 is 1. The standard InChI is InChI=1S/C19H16F2N4O2/c1-11-22-16(19(26)25-14-8-7-12(20)9-13(14)21)10-18(23-11)24-15-5-3-4-6-17(15)27-2/h3-10H,1-2H3,(H,25,26)(H,22,23,24). The lowest BCUT2D eigenvalue weighted by molar-refractivity contribution is 0.102. The number of rotatable bonds is 5. The number of nitrogens with one attached hydrogen (secondary N) is 2. The maximum atomic E-state index is 13.7. The molecule has 27 heavy (non-hydrogen) atoms. The second kappa shape index (κ2) is 7.77. The van der Waals surface area contributed by atoms with Gasteiger partial charge in [-0.1, -0.05) is 12.1 Å². The van der Waals surface area contributed by atoms with E-state index < -0.39 is 17.5 Å².